The van der Waals surface area contributed by atoms with E-state index in [1.165, 1.54) is 6.92 Å². The predicted octanol–water partition coefficient (Wildman–Crippen LogP) is 1.40. The van der Waals surface area contributed by atoms with Gasteiger partial charge >= 0.3 is 6.03 Å². The predicted molar refractivity (Wildman–Crippen MR) is 82.4 cm³/mol. The third-order valence-corrected chi connectivity index (χ3v) is 3.61. The molecule has 120 valence electrons. The summed E-state index contributed by atoms with van der Waals surface area (Å²) >= 11 is 0. The standard InChI is InChI=1S/C15H21N3O4/c1-11(19)17-4-6-18(7-5-17)15(20)16-12-8-13(21-2)10-14(9-12)22-3/h8-10H,4-7H2,1-3H3,(H,16,20). The molecule has 0 unspecified atom stereocenters. The number of ether oxygens (including phenoxy) is 2. The van der Waals surface area contributed by atoms with Crippen LogP contribution in [0.1, 0.15) is 6.92 Å². The van der Waals surface area contributed by atoms with Gasteiger partial charge in [0.1, 0.15) is 11.5 Å². The molecule has 1 saturated heterocycles. The van der Waals surface area contributed by atoms with Gasteiger partial charge in [0.25, 0.3) is 0 Å². The van der Waals surface area contributed by atoms with Crippen LogP contribution in [0, 0.1) is 0 Å². The molecular weight excluding hydrogens is 286 g/mol. The Labute approximate surface area is 129 Å². The fourth-order valence-corrected chi connectivity index (χ4v) is 2.31. The first kappa shape index (κ1) is 15.9. The molecule has 1 aliphatic heterocycles. The quantitative estimate of drug-likeness (QED) is 0.916. The number of hydrogen-bond acceptors (Lipinski definition) is 4. The van der Waals surface area contributed by atoms with Crippen LogP contribution in [-0.2, 0) is 4.79 Å². The van der Waals surface area contributed by atoms with Crippen molar-refractivity contribution in [1.82, 2.24) is 9.80 Å². The molecule has 2 rings (SSSR count). The van der Waals surface area contributed by atoms with Gasteiger partial charge in [0.15, 0.2) is 0 Å². The lowest BCUT2D eigenvalue weighted by Crippen LogP contribution is -2.51. The van der Waals surface area contributed by atoms with Crippen molar-refractivity contribution in [3.63, 3.8) is 0 Å². The molecule has 1 heterocycles. The summed E-state index contributed by atoms with van der Waals surface area (Å²) in [5.74, 6) is 1.25. The Morgan fingerprint density at radius 2 is 1.45 bits per heavy atom. The van der Waals surface area contributed by atoms with E-state index < -0.39 is 0 Å². The zero-order valence-electron chi connectivity index (χ0n) is 13.1. The summed E-state index contributed by atoms with van der Waals surface area (Å²) in [4.78, 5) is 27.0. The molecule has 0 atom stereocenters. The Hall–Kier alpha value is -2.44. The van der Waals surface area contributed by atoms with Gasteiger partial charge in [0, 0.05) is 57.0 Å². The summed E-state index contributed by atoms with van der Waals surface area (Å²) in [7, 11) is 3.11. The second-order valence-electron chi connectivity index (χ2n) is 5.02. The van der Waals surface area contributed by atoms with Gasteiger partial charge in [-0.25, -0.2) is 4.79 Å². The van der Waals surface area contributed by atoms with Gasteiger partial charge in [-0.05, 0) is 0 Å². The molecule has 0 aromatic heterocycles. The minimum atomic E-state index is -0.196. The topological polar surface area (TPSA) is 71.1 Å². The summed E-state index contributed by atoms with van der Waals surface area (Å²) in [6.07, 6.45) is 0. The number of nitrogens with zero attached hydrogens (tertiary/aromatic N) is 2. The van der Waals surface area contributed by atoms with Crippen LogP contribution in [0.2, 0.25) is 0 Å². The molecule has 0 aliphatic carbocycles. The van der Waals surface area contributed by atoms with Crippen LogP contribution in [-0.4, -0.2) is 62.1 Å². The summed E-state index contributed by atoms with van der Waals surface area (Å²) in [6, 6.07) is 5.00. The third kappa shape index (κ3) is 3.81. The van der Waals surface area contributed by atoms with E-state index in [-0.39, 0.29) is 11.9 Å². The Morgan fingerprint density at radius 1 is 0.955 bits per heavy atom. The van der Waals surface area contributed by atoms with Crippen LogP contribution in [0.3, 0.4) is 0 Å². The van der Waals surface area contributed by atoms with E-state index in [4.69, 9.17) is 9.47 Å². The second-order valence-corrected chi connectivity index (χ2v) is 5.02. The molecule has 0 spiro atoms. The van der Waals surface area contributed by atoms with Crippen molar-refractivity contribution in [1.29, 1.82) is 0 Å². The van der Waals surface area contributed by atoms with Crippen molar-refractivity contribution in [3.8, 4) is 11.5 Å². The van der Waals surface area contributed by atoms with E-state index in [1.807, 2.05) is 0 Å². The fraction of sp³-hybridized carbons (Fsp3) is 0.467. The van der Waals surface area contributed by atoms with Crippen molar-refractivity contribution in [2.45, 2.75) is 6.92 Å². The number of nitrogens with one attached hydrogen (secondary N) is 1. The average molecular weight is 307 g/mol. The fourth-order valence-electron chi connectivity index (χ4n) is 2.31. The Kier molecular flexibility index (Phi) is 5.08. The zero-order valence-corrected chi connectivity index (χ0v) is 13.1. The Morgan fingerprint density at radius 3 is 1.91 bits per heavy atom. The summed E-state index contributed by atoms with van der Waals surface area (Å²) < 4.78 is 10.4. The second kappa shape index (κ2) is 7.02. The number of anilines is 1. The number of methoxy groups -OCH3 is 2. The van der Waals surface area contributed by atoms with Gasteiger partial charge in [-0.15, -0.1) is 0 Å². The molecule has 0 bridgehead atoms. The average Bonchev–Trinajstić information content (AvgIpc) is 2.54. The lowest BCUT2D eigenvalue weighted by molar-refractivity contribution is -0.130. The molecule has 7 heteroatoms. The maximum atomic E-state index is 12.3. The molecule has 1 aliphatic rings. The molecule has 1 N–H and O–H groups in total. The number of piperazine rings is 1. The monoisotopic (exact) mass is 307 g/mol. The van der Waals surface area contributed by atoms with Crippen LogP contribution in [0.25, 0.3) is 0 Å². The highest BCUT2D eigenvalue weighted by molar-refractivity contribution is 5.90. The molecule has 1 aromatic rings. The largest absolute Gasteiger partial charge is 0.497 e. The van der Waals surface area contributed by atoms with Gasteiger partial charge < -0.3 is 24.6 Å². The van der Waals surface area contributed by atoms with E-state index in [9.17, 15) is 9.59 Å². The van der Waals surface area contributed by atoms with Crippen molar-refractivity contribution in [2.24, 2.45) is 0 Å². The van der Waals surface area contributed by atoms with Crippen LogP contribution in [0.15, 0.2) is 18.2 Å². The number of hydrogen-bond donors (Lipinski definition) is 1. The SMILES string of the molecule is COc1cc(NC(=O)N2CCN(C(C)=O)CC2)cc(OC)c1. The van der Waals surface area contributed by atoms with Crippen LogP contribution in [0.4, 0.5) is 10.5 Å². The van der Waals surface area contributed by atoms with Gasteiger partial charge in [0.2, 0.25) is 5.91 Å². The summed E-state index contributed by atoms with van der Waals surface area (Å²) in [6.45, 7) is 3.70. The molecule has 22 heavy (non-hydrogen) atoms. The first-order valence-corrected chi connectivity index (χ1v) is 7.08. The summed E-state index contributed by atoms with van der Waals surface area (Å²) in [5.41, 5.74) is 0.607. The molecular formula is C15H21N3O4. The van der Waals surface area contributed by atoms with E-state index in [0.29, 0.717) is 43.4 Å². The summed E-state index contributed by atoms with van der Waals surface area (Å²) in [5, 5.41) is 2.83. The van der Waals surface area contributed by atoms with Crippen LogP contribution >= 0.6 is 0 Å². The molecule has 0 saturated carbocycles. The minimum absolute atomic E-state index is 0.0394. The number of carbonyl (C=O) groups is 2. The van der Waals surface area contributed by atoms with E-state index in [1.54, 1.807) is 42.2 Å². The van der Waals surface area contributed by atoms with Crippen molar-refractivity contribution in [2.75, 3.05) is 45.7 Å². The van der Waals surface area contributed by atoms with E-state index in [2.05, 4.69) is 5.32 Å². The first-order chi connectivity index (χ1) is 10.5. The maximum Gasteiger partial charge on any atom is 0.321 e. The number of urea groups is 1. The molecule has 1 aromatic carbocycles. The molecule has 1 fully saturated rings. The van der Waals surface area contributed by atoms with E-state index >= 15 is 0 Å². The van der Waals surface area contributed by atoms with Crippen molar-refractivity contribution < 1.29 is 19.1 Å². The molecule has 3 amide bonds. The zero-order chi connectivity index (χ0) is 16.1. The normalized spacial score (nSPS) is 14.5. The van der Waals surface area contributed by atoms with Crippen molar-refractivity contribution >= 4 is 17.6 Å². The maximum absolute atomic E-state index is 12.3. The van der Waals surface area contributed by atoms with Crippen molar-refractivity contribution in [3.05, 3.63) is 18.2 Å². The Bertz CT molecular complexity index is 531. The van der Waals surface area contributed by atoms with E-state index in [0.717, 1.165) is 0 Å². The highest BCUT2D eigenvalue weighted by Gasteiger charge is 2.22. The number of benzene rings is 1. The third-order valence-electron chi connectivity index (χ3n) is 3.61. The smallest absolute Gasteiger partial charge is 0.321 e. The minimum Gasteiger partial charge on any atom is -0.497 e. The molecule has 0 radical (unpaired) electrons. The van der Waals surface area contributed by atoms with Gasteiger partial charge in [-0.2, -0.15) is 0 Å². The van der Waals surface area contributed by atoms with Crippen LogP contribution in [0.5, 0.6) is 11.5 Å². The number of carbonyl (C=O) groups excluding carboxylic acids is 2. The number of amides is 3. The Balaban J connectivity index is 1.99. The van der Waals surface area contributed by atoms with Gasteiger partial charge in [-0.3, -0.25) is 4.79 Å². The highest BCUT2D eigenvalue weighted by Crippen LogP contribution is 2.26. The van der Waals surface area contributed by atoms with Gasteiger partial charge in [0.05, 0.1) is 14.2 Å². The first-order valence-electron chi connectivity index (χ1n) is 7.08. The van der Waals surface area contributed by atoms with Crippen LogP contribution < -0.4 is 14.8 Å². The van der Waals surface area contributed by atoms with Gasteiger partial charge in [-0.1, -0.05) is 0 Å². The highest BCUT2D eigenvalue weighted by atomic mass is 16.5. The lowest BCUT2D eigenvalue weighted by Gasteiger charge is -2.34. The number of rotatable bonds is 3. The lowest BCUT2D eigenvalue weighted by atomic mass is 10.2. The molecule has 7 nitrogen and oxygen atoms in total.